The van der Waals surface area contributed by atoms with Gasteiger partial charge in [-0.1, -0.05) is 346 Å². The predicted molar refractivity (Wildman–Crippen MR) is 338 cm³/mol. The van der Waals surface area contributed by atoms with Gasteiger partial charge in [0.25, 0.3) is 0 Å². The molecule has 0 radical (unpaired) electrons. The molecule has 0 saturated heterocycles. The van der Waals surface area contributed by atoms with Crippen LogP contribution in [0.2, 0.25) is 0 Å². The third-order valence-electron chi connectivity index (χ3n) is 16.5. The van der Waals surface area contributed by atoms with Crippen LogP contribution in [0.5, 0.6) is 0 Å². The third kappa shape index (κ3) is 63.4. The molecule has 3 N–H and O–H groups in total. The second-order valence-corrected chi connectivity index (χ2v) is 24.2. The van der Waals surface area contributed by atoms with Gasteiger partial charge in [0.1, 0.15) is 0 Å². The van der Waals surface area contributed by atoms with Crippen molar-refractivity contribution in [1.29, 1.82) is 0 Å². The maximum absolute atomic E-state index is 12.4. The van der Waals surface area contributed by atoms with Gasteiger partial charge in [-0.15, -0.1) is 0 Å². The highest BCUT2D eigenvalue weighted by atomic mass is 16.5. The van der Waals surface area contributed by atoms with Crippen molar-refractivity contribution < 1.29 is 24.5 Å². The Bertz CT molecular complexity index is 1200. The summed E-state index contributed by atoms with van der Waals surface area (Å²) < 4.78 is 5.51. The minimum atomic E-state index is -0.841. The number of hydrogen-bond acceptors (Lipinski definition) is 5. The van der Waals surface area contributed by atoms with E-state index in [4.69, 9.17) is 4.74 Å². The first kappa shape index (κ1) is 75.3. The Balaban J connectivity index is 3.33. The van der Waals surface area contributed by atoms with Gasteiger partial charge >= 0.3 is 5.97 Å². The molecule has 0 rings (SSSR count). The van der Waals surface area contributed by atoms with Crippen LogP contribution < -0.4 is 5.32 Å². The summed E-state index contributed by atoms with van der Waals surface area (Å²) in [5, 5.41) is 23.0. The van der Waals surface area contributed by atoms with Gasteiger partial charge in [-0.2, -0.15) is 0 Å². The lowest BCUT2D eigenvalue weighted by molar-refractivity contribution is -0.143. The molecule has 1 amide bonds. The van der Waals surface area contributed by atoms with Gasteiger partial charge in [-0.3, -0.25) is 9.59 Å². The third-order valence-corrected chi connectivity index (χ3v) is 16.5. The summed E-state index contributed by atoms with van der Waals surface area (Å²) in [4.78, 5) is 24.6. The van der Waals surface area contributed by atoms with Gasteiger partial charge in [0, 0.05) is 12.8 Å². The first-order valence-corrected chi connectivity index (χ1v) is 35.1. The fourth-order valence-electron chi connectivity index (χ4n) is 11.1. The Morgan fingerprint density at radius 2 is 0.610 bits per heavy atom. The van der Waals surface area contributed by atoms with Crippen LogP contribution in [0.3, 0.4) is 0 Å². The van der Waals surface area contributed by atoms with E-state index in [1.165, 1.54) is 327 Å². The van der Waals surface area contributed by atoms with Crippen molar-refractivity contribution in [2.24, 2.45) is 0 Å². The zero-order valence-corrected chi connectivity index (χ0v) is 52.2. The van der Waals surface area contributed by atoms with Gasteiger partial charge in [0.15, 0.2) is 0 Å². The van der Waals surface area contributed by atoms with E-state index in [9.17, 15) is 19.8 Å². The normalized spacial score (nSPS) is 12.6. The number of carbonyl (C=O) groups is 2. The molecule has 0 bridgehead atoms. The fourth-order valence-corrected chi connectivity index (χ4v) is 11.1. The van der Waals surface area contributed by atoms with Crippen molar-refractivity contribution in [3.8, 4) is 0 Å². The number of carbonyl (C=O) groups excluding carboxylic acids is 2. The highest BCUT2D eigenvalue weighted by molar-refractivity contribution is 5.76. The molecule has 6 nitrogen and oxygen atoms in total. The lowest BCUT2D eigenvalue weighted by atomic mass is 10.0. The van der Waals surface area contributed by atoms with Crippen LogP contribution in [0, 0.1) is 0 Å². The number of esters is 1. The van der Waals surface area contributed by atoms with E-state index >= 15 is 0 Å². The zero-order chi connectivity index (χ0) is 55.7. The number of unbranched alkanes of at least 4 members (excludes halogenated alkanes) is 53. The maximum atomic E-state index is 12.4. The average Bonchev–Trinajstić information content (AvgIpc) is 3.43. The van der Waals surface area contributed by atoms with Crippen molar-refractivity contribution in [3.63, 3.8) is 0 Å². The number of nitrogens with one attached hydrogen (secondary N) is 1. The van der Waals surface area contributed by atoms with Gasteiger partial charge in [-0.25, -0.2) is 0 Å². The molecule has 0 aliphatic rings. The summed E-state index contributed by atoms with van der Waals surface area (Å²) in [7, 11) is 0. The van der Waals surface area contributed by atoms with Gasteiger partial charge in [0.05, 0.1) is 25.4 Å². The molecule has 2 atom stereocenters. The van der Waals surface area contributed by atoms with E-state index in [0.29, 0.717) is 19.4 Å². The first-order valence-electron chi connectivity index (χ1n) is 35.1. The van der Waals surface area contributed by atoms with Crippen molar-refractivity contribution in [2.45, 2.75) is 405 Å². The van der Waals surface area contributed by atoms with Crippen LogP contribution >= 0.6 is 0 Å². The SMILES string of the molecule is CCCCCCCCCCC/C=C/C(O)C(CO)NC(=O)CCCCCCCCCCCCCCCC/C=C\CCCCCCCCCCCCCCOC(=O)CCCCCCCCCCCCCCCCCCCCC. The van der Waals surface area contributed by atoms with Gasteiger partial charge < -0.3 is 20.3 Å². The summed E-state index contributed by atoms with van der Waals surface area (Å²) in [6.45, 7) is 4.93. The molecule has 0 aliphatic carbocycles. The summed E-state index contributed by atoms with van der Waals surface area (Å²) in [5.74, 6) is -0.0440. The molecule has 0 aliphatic heterocycles. The number of hydrogen-bond donors (Lipinski definition) is 3. The Morgan fingerprint density at radius 1 is 0.351 bits per heavy atom. The van der Waals surface area contributed by atoms with Gasteiger partial charge in [0.2, 0.25) is 5.91 Å². The largest absolute Gasteiger partial charge is 0.466 e. The minimum absolute atomic E-state index is 0.0222. The molecule has 6 heteroatoms. The lowest BCUT2D eigenvalue weighted by Gasteiger charge is -2.20. The van der Waals surface area contributed by atoms with Crippen molar-refractivity contribution in [3.05, 3.63) is 24.3 Å². The average molecular weight is 1080 g/mol. The Hall–Kier alpha value is -1.66. The van der Waals surface area contributed by atoms with E-state index in [0.717, 1.165) is 38.5 Å². The van der Waals surface area contributed by atoms with Crippen molar-refractivity contribution in [2.75, 3.05) is 13.2 Å². The van der Waals surface area contributed by atoms with Gasteiger partial charge in [-0.05, 0) is 57.8 Å². The predicted octanol–water partition coefficient (Wildman–Crippen LogP) is 22.5. The number of allylic oxidation sites excluding steroid dienone is 3. The second-order valence-electron chi connectivity index (χ2n) is 24.2. The number of amides is 1. The lowest BCUT2D eigenvalue weighted by Crippen LogP contribution is -2.45. The summed E-state index contributed by atoms with van der Waals surface area (Å²) in [5.41, 5.74) is 0. The smallest absolute Gasteiger partial charge is 0.305 e. The Labute approximate surface area is 481 Å². The molecule has 0 aromatic rings. The Kier molecular flexibility index (Phi) is 65.4. The second kappa shape index (κ2) is 66.8. The highest BCUT2D eigenvalue weighted by Crippen LogP contribution is 2.19. The summed E-state index contributed by atoms with van der Waals surface area (Å²) in [6.07, 6.45) is 84.1. The van der Waals surface area contributed by atoms with Crippen LogP contribution in [0.1, 0.15) is 393 Å². The number of rotatable bonds is 66. The van der Waals surface area contributed by atoms with E-state index in [1.54, 1.807) is 6.08 Å². The van der Waals surface area contributed by atoms with Crippen LogP contribution in [0.25, 0.3) is 0 Å². The topological polar surface area (TPSA) is 95.9 Å². The molecule has 0 aromatic carbocycles. The van der Waals surface area contributed by atoms with Crippen LogP contribution in [0.4, 0.5) is 0 Å². The molecule has 0 saturated carbocycles. The molecule has 2 unspecified atom stereocenters. The maximum Gasteiger partial charge on any atom is 0.305 e. The van der Waals surface area contributed by atoms with E-state index in [1.807, 2.05) is 6.08 Å². The molecule has 456 valence electrons. The standard InChI is InChI=1S/C71H137NO5/c1-3-5-7-9-11-13-15-16-17-18-31-35-38-41-45-49-53-57-61-65-71(76)77-66-62-58-54-50-46-42-39-36-33-30-28-26-24-22-20-19-21-23-25-27-29-32-34-37-40-44-48-52-56-60-64-70(75)72-68(67-73)69(74)63-59-55-51-47-43-14-12-10-8-6-4-2/h20,22,59,63,68-69,73-74H,3-19,21,23-58,60-62,64-67H2,1-2H3,(H,72,75)/b22-20-,63-59+. The van der Waals surface area contributed by atoms with Crippen molar-refractivity contribution in [1.82, 2.24) is 5.32 Å². The first-order chi connectivity index (χ1) is 38.0. The molecule has 0 spiro atoms. The number of ether oxygens (including phenoxy) is 1. The van der Waals surface area contributed by atoms with Crippen molar-refractivity contribution >= 4 is 11.9 Å². The van der Waals surface area contributed by atoms with E-state index < -0.39 is 12.1 Å². The molecule has 0 fully saturated rings. The monoisotopic (exact) mass is 1080 g/mol. The molecule has 77 heavy (non-hydrogen) atoms. The fraction of sp³-hybridized carbons (Fsp3) is 0.915. The van der Waals surface area contributed by atoms with Crippen LogP contribution in [-0.4, -0.2) is 47.4 Å². The van der Waals surface area contributed by atoms with Crippen LogP contribution in [0.15, 0.2) is 24.3 Å². The van der Waals surface area contributed by atoms with E-state index in [-0.39, 0.29) is 18.5 Å². The summed E-state index contributed by atoms with van der Waals surface area (Å²) >= 11 is 0. The van der Waals surface area contributed by atoms with Crippen LogP contribution in [-0.2, 0) is 14.3 Å². The quantitative estimate of drug-likeness (QED) is 0.0320. The molecule has 0 aromatic heterocycles. The minimum Gasteiger partial charge on any atom is -0.466 e. The molecular formula is C71H137NO5. The highest BCUT2D eigenvalue weighted by Gasteiger charge is 2.18. The number of aliphatic hydroxyl groups excluding tert-OH is 2. The molecular weight excluding hydrogens is 947 g/mol. The molecule has 0 heterocycles. The Morgan fingerprint density at radius 3 is 0.922 bits per heavy atom. The zero-order valence-electron chi connectivity index (χ0n) is 52.2. The summed E-state index contributed by atoms with van der Waals surface area (Å²) in [6, 6.07) is -0.625. The van der Waals surface area contributed by atoms with E-state index in [2.05, 4.69) is 31.3 Å². The number of aliphatic hydroxyl groups is 2.